The molecule has 2 unspecified atom stereocenters. The van der Waals surface area contributed by atoms with E-state index in [1.807, 2.05) is 17.8 Å². The number of halogens is 3. The lowest BCUT2D eigenvalue weighted by Gasteiger charge is -2.13. The minimum Gasteiger partial charge on any atom is -0.207 e. The highest BCUT2D eigenvalue weighted by Gasteiger charge is 2.25. The van der Waals surface area contributed by atoms with Crippen molar-refractivity contribution in [1.82, 2.24) is 0 Å². The van der Waals surface area contributed by atoms with E-state index in [1.54, 1.807) is 6.07 Å². The van der Waals surface area contributed by atoms with Crippen LogP contribution in [0.15, 0.2) is 22.7 Å². The second-order valence-electron chi connectivity index (χ2n) is 3.80. The van der Waals surface area contributed by atoms with Gasteiger partial charge in [-0.1, -0.05) is 31.9 Å². The summed E-state index contributed by atoms with van der Waals surface area (Å²) >= 11 is 8.96. The van der Waals surface area contributed by atoms with E-state index in [1.165, 1.54) is 17.6 Å². The standard InChI is InChI=1S/C11H11Br2FS/c12-9-2-7(3-10(14)4-9)1-8-5-15-6-11(8)13/h2-4,8,11H,1,5-6H2. The molecule has 1 saturated heterocycles. The molecule has 2 rings (SSSR count). The van der Waals surface area contributed by atoms with Crippen LogP contribution in [0.25, 0.3) is 0 Å². The highest BCUT2D eigenvalue weighted by molar-refractivity contribution is 9.10. The molecule has 1 fully saturated rings. The van der Waals surface area contributed by atoms with Gasteiger partial charge >= 0.3 is 0 Å². The van der Waals surface area contributed by atoms with E-state index < -0.39 is 0 Å². The summed E-state index contributed by atoms with van der Waals surface area (Å²) in [6, 6.07) is 5.14. The summed E-state index contributed by atoms with van der Waals surface area (Å²) in [5.74, 6) is 2.81. The fourth-order valence-electron chi connectivity index (χ4n) is 1.79. The van der Waals surface area contributed by atoms with Crippen molar-refractivity contribution in [2.45, 2.75) is 11.2 Å². The van der Waals surface area contributed by atoms with Gasteiger partial charge in [-0.3, -0.25) is 0 Å². The van der Waals surface area contributed by atoms with Gasteiger partial charge in [-0.25, -0.2) is 4.39 Å². The van der Waals surface area contributed by atoms with E-state index in [0.717, 1.165) is 16.5 Å². The van der Waals surface area contributed by atoms with E-state index >= 15 is 0 Å². The summed E-state index contributed by atoms with van der Waals surface area (Å²) < 4.78 is 14.0. The van der Waals surface area contributed by atoms with Crippen molar-refractivity contribution in [2.75, 3.05) is 11.5 Å². The molecule has 0 aromatic heterocycles. The first-order valence-corrected chi connectivity index (χ1v) is 7.68. The smallest absolute Gasteiger partial charge is 0.124 e. The molecule has 0 nitrogen and oxygen atoms in total. The van der Waals surface area contributed by atoms with E-state index in [0.29, 0.717) is 10.7 Å². The molecule has 1 aromatic rings. The average molecular weight is 354 g/mol. The molecule has 1 aliphatic heterocycles. The van der Waals surface area contributed by atoms with Gasteiger partial charge in [-0.05, 0) is 41.9 Å². The van der Waals surface area contributed by atoms with Gasteiger partial charge in [0.1, 0.15) is 5.82 Å². The molecule has 1 aliphatic rings. The number of benzene rings is 1. The first-order chi connectivity index (χ1) is 7.15. The number of hydrogen-bond acceptors (Lipinski definition) is 1. The molecule has 0 aliphatic carbocycles. The third-order valence-electron chi connectivity index (χ3n) is 2.54. The Morgan fingerprint density at radius 1 is 1.33 bits per heavy atom. The van der Waals surface area contributed by atoms with Crippen molar-refractivity contribution in [2.24, 2.45) is 5.92 Å². The maximum Gasteiger partial charge on any atom is 0.124 e. The quantitative estimate of drug-likeness (QED) is 0.716. The molecule has 0 saturated carbocycles. The average Bonchev–Trinajstić information content (AvgIpc) is 2.50. The van der Waals surface area contributed by atoms with Crippen LogP contribution in [-0.4, -0.2) is 16.3 Å². The molecule has 15 heavy (non-hydrogen) atoms. The monoisotopic (exact) mass is 352 g/mol. The first-order valence-electron chi connectivity index (χ1n) is 4.82. The van der Waals surface area contributed by atoms with Crippen LogP contribution in [0.1, 0.15) is 5.56 Å². The third kappa shape index (κ3) is 3.21. The summed E-state index contributed by atoms with van der Waals surface area (Å²) in [6.07, 6.45) is 0.958. The number of rotatable bonds is 2. The van der Waals surface area contributed by atoms with Crippen LogP contribution in [0, 0.1) is 11.7 Å². The first kappa shape index (κ1) is 11.9. The predicted molar refractivity (Wildman–Crippen MR) is 71.3 cm³/mol. The zero-order chi connectivity index (χ0) is 10.8. The second kappa shape index (κ2) is 5.19. The lowest BCUT2D eigenvalue weighted by molar-refractivity contribution is 0.599. The summed E-state index contributed by atoms with van der Waals surface area (Å²) in [5.41, 5.74) is 1.08. The van der Waals surface area contributed by atoms with E-state index in [-0.39, 0.29) is 5.82 Å². The maximum absolute atomic E-state index is 13.2. The second-order valence-corrected chi connectivity index (χ2v) is 6.96. The minimum atomic E-state index is -0.156. The number of hydrogen-bond donors (Lipinski definition) is 0. The SMILES string of the molecule is Fc1cc(Br)cc(CC2CSCC2Br)c1. The fraction of sp³-hybridized carbons (Fsp3) is 0.455. The zero-order valence-electron chi connectivity index (χ0n) is 8.05. The van der Waals surface area contributed by atoms with Crippen LogP contribution in [-0.2, 0) is 6.42 Å². The molecule has 0 spiro atoms. The van der Waals surface area contributed by atoms with Crippen LogP contribution < -0.4 is 0 Å². The van der Waals surface area contributed by atoms with Crippen LogP contribution in [0.4, 0.5) is 4.39 Å². The van der Waals surface area contributed by atoms with Gasteiger partial charge in [0.05, 0.1) is 0 Å². The Labute approximate surface area is 110 Å². The molecule has 0 bridgehead atoms. The Kier molecular flexibility index (Phi) is 4.13. The van der Waals surface area contributed by atoms with E-state index in [4.69, 9.17) is 0 Å². The minimum absolute atomic E-state index is 0.156. The van der Waals surface area contributed by atoms with Gasteiger partial charge in [0.2, 0.25) is 0 Å². The molecular formula is C11H11Br2FS. The molecule has 2 atom stereocenters. The lowest BCUT2D eigenvalue weighted by atomic mass is 9.99. The Morgan fingerprint density at radius 3 is 2.73 bits per heavy atom. The molecule has 1 aromatic carbocycles. The van der Waals surface area contributed by atoms with Gasteiger partial charge in [0, 0.05) is 15.1 Å². The van der Waals surface area contributed by atoms with Crippen molar-refractivity contribution in [3.63, 3.8) is 0 Å². The van der Waals surface area contributed by atoms with Crippen LogP contribution in [0.5, 0.6) is 0 Å². The summed E-state index contributed by atoms with van der Waals surface area (Å²) in [7, 11) is 0. The summed E-state index contributed by atoms with van der Waals surface area (Å²) in [5, 5.41) is 0. The van der Waals surface area contributed by atoms with Crippen LogP contribution in [0.3, 0.4) is 0 Å². The van der Waals surface area contributed by atoms with Gasteiger partial charge in [-0.15, -0.1) is 0 Å². The predicted octanol–water partition coefficient (Wildman–Crippen LogP) is 4.26. The molecule has 0 radical (unpaired) electrons. The molecule has 1 heterocycles. The Hall–Kier alpha value is 0.460. The highest BCUT2D eigenvalue weighted by atomic mass is 79.9. The number of thioether (sulfide) groups is 1. The van der Waals surface area contributed by atoms with Gasteiger partial charge in [0.15, 0.2) is 0 Å². The van der Waals surface area contributed by atoms with Crippen LogP contribution in [0.2, 0.25) is 0 Å². The molecule has 82 valence electrons. The summed E-state index contributed by atoms with van der Waals surface area (Å²) in [6.45, 7) is 0. The zero-order valence-corrected chi connectivity index (χ0v) is 12.0. The van der Waals surface area contributed by atoms with E-state index in [9.17, 15) is 4.39 Å². The third-order valence-corrected chi connectivity index (χ3v) is 5.76. The van der Waals surface area contributed by atoms with Crippen LogP contribution >= 0.6 is 43.6 Å². The normalized spacial score (nSPS) is 25.8. The van der Waals surface area contributed by atoms with Gasteiger partial charge in [-0.2, -0.15) is 11.8 Å². The fourth-order valence-corrected chi connectivity index (χ4v) is 4.77. The Bertz CT molecular complexity index is 336. The van der Waals surface area contributed by atoms with Crippen molar-refractivity contribution < 1.29 is 4.39 Å². The van der Waals surface area contributed by atoms with Crippen molar-refractivity contribution in [3.8, 4) is 0 Å². The van der Waals surface area contributed by atoms with Crippen molar-refractivity contribution in [3.05, 3.63) is 34.1 Å². The molecule has 0 N–H and O–H groups in total. The van der Waals surface area contributed by atoms with E-state index in [2.05, 4.69) is 31.9 Å². The molecular weight excluding hydrogens is 343 g/mol. The maximum atomic E-state index is 13.2. The largest absolute Gasteiger partial charge is 0.207 e. The summed E-state index contributed by atoms with van der Waals surface area (Å²) in [4.78, 5) is 0.574. The topological polar surface area (TPSA) is 0 Å². The Morgan fingerprint density at radius 2 is 2.13 bits per heavy atom. The lowest BCUT2D eigenvalue weighted by Crippen LogP contribution is -2.14. The molecule has 0 amide bonds. The highest BCUT2D eigenvalue weighted by Crippen LogP contribution is 2.32. The van der Waals surface area contributed by atoms with Crippen molar-refractivity contribution in [1.29, 1.82) is 0 Å². The molecule has 4 heteroatoms. The number of alkyl halides is 1. The van der Waals surface area contributed by atoms with Gasteiger partial charge < -0.3 is 0 Å². The van der Waals surface area contributed by atoms with Gasteiger partial charge in [0.25, 0.3) is 0 Å². The van der Waals surface area contributed by atoms with Crippen molar-refractivity contribution >= 4 is 43.6 Å². The Balaban J connectivity index is 2.10.